The summed E-state index contributed by atoms with van der Waals surface area (Å²) in [5.41, 5.74) is 1.71. The fraction of sp³-hybridized carbons (Fsp3) is 0.800. The van der Waals surface area contributed by atoms with Crippen molar-refractivity contribution in [2.45, 2.75) is 85.2 Å². The van der Waals surface area contributed by atoms with Gasteiger partial charge in [-0.25, -0.2) is 0 Å². The Hall–Kier alpha value is -1.65. The summed E-state index contributed by atoms with van der Waals surface area (Å²) in [7, 11) is 0. The minimum atomic E-state index is -0.381. The number of Topliss-reactive ketones (excluding diaryl/α,β-unsaturated/α-hetero) is 1. The Labute approximate surface area is 179 Å². The lowest BCUT2D eigenvalue weighted by atomic mass is 9.47. The van der Waals surface area contributed by atoms with Gasteiger partial charge in [0.25, 0.3) is 0 Å². The van der Waals surface area contributed by atoms with Gasteiger partial charge in [-0.1, -0.05) is 25.5 Å². The molecular formula is C25H36O5. The van der Waals surface area contributed by atoms with E-state index in [-0.39, 0.29) is 47.2 Å². The Morgan fingerprint density at radius 1 is 1.00 bits per heavy atom. The summed E-state index contributed by atoms with van der Waals surface area (Å²) in [6.07, 6.45) is 10.7. The molecule has 30 heavy (non-hydrogen) atoms. The molecule has 0 aromatic carbocycles. The first-order valence-electron chi connectivity index (χ1n) is 11.7. The van der Waals surface area contributed by atoms with Crippen molar-refractivity contribution in [1.82, 2.24) is 0 Å². The van der Waals surface area contributed by atoms with E-state index in [4.69, 9.17) is 9.47 Å². The van der Waals surface area contributed by atoms with Gasteiger partial charge in [-0.2, -0.15) is 0 Å². The van der Waals surface area contributed by atoms with E-state index >= 15 is 0 Å². The fourth-order valence-electron chi connectivity index (χ4n) is 7.77. The number of hydrogen-bond acceptors (Lipinski definition) is 5. The van der Waals surface area contributed by atoms with Gasteiger partial charge in [-0.15, -0.1) is 0 Å². The Morgan fingerprint density at radius 3 is 2.47 bits per heavy atom. The van der Waals surface area contributed by atoms with Gasteiger partial charge in [-0.3, -0.25) is 14.4 Å². The molecule has 0 aromatic rings. The standard InChI is InChI=1S/C25H36O5/c1-15(26)29-14-23(28)22-8-7-20-19-6-5-17-13-18(30-16(2)27)9-11-24(17,3)21(19)10-12-25(20,22)4/h5,18-22H,6-14H2,1-4H3/t18-,19?,20?,21?,22+,24-,25-/m0/s1. The van der Waals surface area contributed by atoms with Crippen LogP contribution in [0.5, 0.6) is 0 Å². The van der Waals surface area contributed by atoms with Crippen LogP contribution in [0, 0.1) is 34.5 Å². The highest BCUT2D eigenvalue weighted by Gasteiger charge is 2.59. The molecule has 4 aliphatic rings. The number of esters is 2. The molecule has 0 bridgehead atoms. The van der Waals surface area contributed by atoms with Crippen LogP contribution in [0.4, 0.5) is 0 Å². The van der Waals surface area contributed by atoms with Crippen molar-refractivity contribution in [3.8, 4) is 0 Å². The largest absolute Gasteiger partial charge is 0.462 e. The molecule has 3 unspecified atom stereocenters. The van der Waals surface area contributed by atoms with Crippen molar-refractivity contribution in [2.75, 3.05) is 6.61 Å². The molecular weight excluding hydrogens is 380 g/mol. The molecule has 3 saturated carbocycles. The Balaban J connectivity index is 1.51. The number of allylic oxidation sites excluding steroid dienone is 1. The summed E-state index contributed by atoms with van der Waals surface area (Å²) < 4.78 is 10.6. The summed E-state index contributed by atoms with van der Waals surface area (Å²) in [4.78, 5) is 35.4. The predicted octanol–water partition coefficient (Wildman–Crippen LogP) is 4.63. The number of carbonyl (C=O) groups excluding carboxylic acids is 3. The quantitative estimate of drug-likeness (QED) is 0.494. The number of ether oxygens (including phenoxy) is 2. The average molecular weight is 417 g/mol. The lowest BCUT2D eigenvalue weighted by molar-refractivity contribution is -0.150. The average Bonchev–Trinajstić information content (AvgIpc) is 3.03. The molecule has 0 saturated heterocycles. The maximum atomic E-state index is 12.9. The van der Waals surface area contributed by atoms with E-state index in [9.17, 15) is 14.4 Å². The van der Waals surface area contributed by atoms with Crippen molar-refractivity contribution < 1.29 is 23.9 Å². The molecule has 0 radical (unpaired) electrons. The van der Waals surface area contributed by atoms with Gasteiger partial charge in [0, 0.05) is 26.2 Å². The van der Waals surface area contributed by atoms with Crippen LogP contribution in [0.3, 0.4) is 0 Å². The molecule has 0 aromatic heterocycles. The Bertz CT molecular complexity index is 770. The van der Waals surface area contributed by atoms with Crippen molar-refractivity contribution >= 4 is 17.7 Å². The molecule has 5 nitrogen and oxygen atoms in total. The molecule has 7 atom stereocenters. The van der Waals surface area contributed by atoms with Gasteiger partial charge in [0.2, 0.25) is 0 Å². The smallest absolute Gasteiger partial charge is 0.303 e. The highest BCUT2D eigenvalue weighted by Crippen LogP contribution is 2.66. The van der Waals surface area contributed by atoms with E-state index in [2.05, 4.69) is 19.9 Å². The van der Waals surface area contributed by atoms with Crippen LogP contribution < -0.4 is 0 Å². The minimum Gasteiger partial charge on any atom is -0.462 e. The van der Waals surface area contributed by atoms with Crippen LogP contribution >= 0.6 is 0 Å². The normalized spacial score (nSPS) is 42.3. The fourth-order valence-corrected chi connectivity index (χ4v) is 7.77. The number of hydrogen-bond donors (Lipinski definition) is 0. The van der Waals surface area contributed by atoms with E-state index in [1.165, 1.54) is 19.4 Å². The molecule has 4 aliphatic carbocycles. The molecule has 5 heteroatoms. The van der Waals surface area contributed by atoms with Gasteiger partial charge < -0.3 is 9.47 Å². The number of fused-ring (bicyclic) bond motifs is 5. The van der Waals surface area contributed by atoms with Crippen LogP contribution in [0.1, 0.15) is 79.1 Å². The van der Waals surface area contributed by atoms with Crippen LogP contribution in [0.2, 0.25) is 0 Å². The molecule has 0 spiro atoms. The third-order valence-electron chi connectivity index (χ3n) is 9.20. The first-order chi connectivity index (χ1) is 14.1. The van der Waals surface area contributed by atoms with Crippen molar-refractivity contribution in [1.29, 1.82) is 0 Å². The second-order valence-electron chi connectivity index (χ2n) is 10.7. The van der Waals surface area contributed by atoms with Gasteiger partial charge in [0.15, 0.2) is 5.78 Å². The van der Waals surface area contributed by atoms with Crippen LogP contribution in [0.25, 0.3) is 0 Å². The van der Waals surface area contributed by atoms with E-state index in [1.54, 1.807) is 0 Å². The highest BCUT2D eigenvalue weighted by atomic mass is 16.5. The highest BCUT2D eigenvalue weighted by molar-refractivity contribution is 5.85. The molecule has 0 amide bonds. The first kappa shape index (κ1) is 21.6. The molecule has 0 N–H and O–H groups in total. The van der Waals surface area contributed by atoms with Crippen molar-refractivity contribution in [2.24, 2.45) is 34.5 Å². The lowest BCUT2D eigenvalue weighted by Crippen LogP contribution is -2.51. The monoisotopic (exact) mass is 416 g/mol. The van der Waals surface area contributed by atoms with Crippen LogP contribution in [-0.2, 0) is 23.9 Å². The zero-order chi connectivity index (χ0) is 21.7. The second-order valence-corrected chi connectivity index (χ2v) is 10.7. The molecule has 0 aliphatic heterocycles. The predicted molar refractivity (Wildman–Crippen MR) is 112 cm³/mol. The molecule has 0 heterocycles. The van der Waals surface area contributed by atoms with Gasteiger partial charge in [0.05, 0.1) is 0 Å². The third-order valence-corrected chi connectivity index (χ3v) is 9.20. The zero-order valence-corrected chi connectivity index (χ0v) is 18.9. The molecule has 166 valence electrons. The van der Waals surface area contributed by atoms with E-state index in [0.717, 1.165) is 51.4 Å². The minimum absolute atomic E-state index is 0.0145. The molecule has 3 fully saturated rings. The van der Waals surface area contributed by atoms with E-state index in [1.807, 2.05) is 0 Å². The van der Waals surface area contributed by atoms with Crippen molar-refractivity contribution in [3.63, 3.8) is 0 Å². The summed E-state index contributed by atoms with van der Waals surface area (Å²) >= 11 is 0. The number of rotatable bonds is 4. The van der Waals surface area contributed by atoms with Gasteiger partial charge in [-0.05, 0) is 73.5 Å². The summed E-state index contributed by atoms with van der Waals surface area (Å²) in [6, 6.07) is 0. The summed E-state index contributed by atoms with van der Waals surface area (Å²) in [5.74, 6) is 1.39. The van der Waals surface area contributed by atoms with Crippen molar-refractivity contribution in [3.05, 3.63) is 11.6 Å². The Kier molecular flexibility index (Phi) is 5.61. The molecule has 4 rings (SSSR count). The van der Waals surface area contributed by atoms with Crippen LogP contribution in [-0.4, -0.2) is 30.4 Å². The maximum absolute atomic E-state index is 12.9. The second kappa shape index (κ2) is 7.80. The first-order valence-corrected chi connectivity index (χ1v) is 11.7. The van der Waals surface area contributed by atoms with Gasteiger partial charge in [0.1, 0.15) is 12.7 Å². The number of carbonyl (C=O) groups is 3. The van der Waals surface area contributed by atoms with E-state index < -0.39 is 0 Å². The van der Waals surface area contributed by atoms with Gasteiger partial charge >= 0.3 is 11.9 Å². The third kappa shape index (κ3) is 3.52. The zero-order valence-electron chi connectivity index (χ0n) is 18.9. The Morgan fingerprint density at radius 2 is 1.77 bits per heavy atom. The SMILES string of the molecule is CC(=O)OCC(=O)[C@H]1CCC2C3CC=C4C[C@@H](OC(C)=O)CC[C@]4(C)C3CC[C@@]21C. The summed E-state index contributed by atoms with van der Waals surface area (Å²) in [5, 5.41) is 0. The topological polar surface area (TPSA) is 69.7 Å². The summed E-state index contributed by atoms with van der Waals surface area (Å²) in [6.45, 7) is 7.54. The maximum Gasteiger partial charge on any atom is 0.303 e. The van der Waals surface area contributed by atoms with Crippen LogP contribution in [0.15, 0.2) is 11.6 Å². The lowest BCUT2D eigenvalue weighted by Gasteiger charge is -2.58. The number of ketones is 1. The van der Waals surface area contributed by atoms with E-state index in [0.29, 0.717) is 17.8 Å².